The van der Waals surface area contributed by atoms with E-state index in [-0.39, 0.29) is 6.10 Å². The molecule has 2 atom stereocenters. The number of aliphatic hydroxyl groups is 1. The van der Waals surface area contributed by atoms with Crippen molar-refractivity contribution in [1.29, 1.82) is 0 Å². The summed E-state index contributed by atoms with van der Waals surface area (Å²) >= 11 is 0. The topological polar surface area (TPSA) is 42.6 Å². The first kappa shape index (κ1) is 10.3. The molecule has 0 fully saturated rings. The van der Waals surface area contributed by atoms with Gasteiger partial charge in [0.2, 0.25) is 0 Å². The Morgan fingerprint density at radius 2 is 2.31 bits per heavy atom. The molecule has 0 amide bonds. The molecule has 1 N–H and O–H groups in total. The predicted molar refractivity (Wildman–Crippen MR) is 49.4 cm³/mol. The monoisotopic (exact) mass is 184 g/mol. The maximum atomic E-state index is 9.64. The molecule has 1 aromatic heterocycles. The van der Waals surface area contributed by atoms with Crippen LogP contribution in [-0.4, -0.2) is 18.3 Å². The van der Waals surface area contributed by atoms with Crippen molar-refractivity contribution in [2.24, 2.45) is 0 Å². The summed E-state index contributed by atoms with van der Waals surface area (Å²) in [5.41, 5.74) is 0.836. The van der Waals surface area contributed by atoms with Crippen molar-refractivity contribution in [3.63, 3.8) is 0 Å². The lowest BCUT2D eigenvalue weighted by Crippen LogP contribution is -2.07. The van der Waals surface area contributed by atoms with Gasteiger partial charge in [0, 0.05) is 12.7 Å². The van der Waals surface area contributed by atoms with Gasteiger partial charge in [0.25, 0.3) is 0 Å². The van der Waals surface area contributed by atoms with Crippen molar-refractivity contribution in [2.75, 3.05) is 7.11 Å². The van der Waals surface area contributed by atoms with Gasteiger partial charge in [0.05, 0.1) is 24.7 Å². The van der Waals surface area contributed by atoms with Gasteiger partial charge in [-0.05, 0) is 25.8 Å². The molecule has 0 aliphatic carbocycles. The third-order valence-electron chi connectivity index (χ3n) is 2.18. The highest BCUT2D eigenvalue weighted by molar-refractivity contribution is 5.08. The molecule has 0 saturated carbocycles. The molecule has 1 rings (SSSR count). The lowest BCUT2D eigenvalue weighted by atomic mass is 10.1. The van der Waals surface area contributed by atoms with Crippen LogP contribution in [0.3, 0.4) is 0 Å². The summed E-state index contributed by atoms with van der Waals surface area (Å²) < 4.78 is 9.96. The summed E-state index contributed by atoms with van der Waals surface area (Å²) in [5, 5.41) is 9.64. The van der Waals surface area contributed by atoms with Gasteiger partial charge in [-0.25, -0.2) is 0 Å². The van der Waals surface area contributed by atoms with E-state index in [4.69, 9.17) is 9.15 Å². The molecule has 2 unspecified atom stereocenters. The van der Waals surface area contributed by atoms with Crippen LogP contribution in [0.1, 0.15) is 31.4 Å². The molecule has 74 valence electrons. The molecule has 1 aromatic rings. The zero-order valence-electron chi connectivity index (χ0n) is 8.06. The summed E-state index contributed by atoms with van der Waals surface area (Å²) in [6.07, 6.45) is 4.45. The van der Waals surface area contributed by atoms with E-state index in [1.165, 1.54) is 0 Å². The molecule has 0 aromatic carbocycles. The van der Waals surface area contributed by atoms with Crippen LogP contribution in [0.2, 0.25) is 0 Å². The SMILES string of the molecule is COC(C)CCC(O)c1ccoc1. The van der Waals surface area contributed by atoms with E-state index in [9.17, 15) is 5.11 Å². The van der Waals surface area contributed by atoms with Crippen LogP contribution in [0.5, 0.6) is 0 Å². The van der Waals surface area contributed by atoms with Crippen LogP contribution in [0, 0.1) is 0 Å². The summed E-state index contributed by atoms with van der Waals surface area (Å²) in [6.45, 7) is 1.99. The molecular formula is C10H16O3. The first-order valence-corrected chi connectivity index (χ1v) is 4.47. The van der Waals surface area contributed by atoms with E-state index in [2.05, 4.69) is 0 Å². The molecule has 1 heterocycles. The number of methoxy groups -OCH3 is 1. The van der Waals surface area contributed by atoms with Gasteiger partial charge >= 0.3 is 0 Å². The van der Waals surface area contributed by atoms with E-state index >= 15 is 0 Å². The average molecular weight is 184 g/mol. The van der Waals surface area contributed by atoms with Crippen LogP contribution in [0.4, 0.5) is 0 Å². The van der Waals surface area contributed by atoms with E-state index in [1.807, 2.05) is 6.92 Å². The number of furan rings is 1. The van der Waals surface area contributed by atoms with Gasteiger partial charge < -0.3 is 14.3 Å². The summed E-state index contributed by atoms with van der Waals surface area (Å²) in [6, 6.07) is 1.78. The first-order valence-electron chi connectivity index (χ1n) is 4.47. The molecule has 0 radical (unpaired) electrons. The zero-order valence-corrected chi connectivity index (χ0v) is 8.06. The average Bonchev–Trinajstić information content (AvgIpc) is 2.66. The fourth-order valence-electron chi connectivity index (χ4n) is 1.14. The van der Waals surface area contributed by atoms with E-state index < -0.39 is 6.10 Å². The standard InChI is InChI=1S/C10H16O3/c1-8(12-2)3-4-10(11)9-5-6-13-7-9/h5-8,10-11H,3-4H2,1-2H3. The zero-order chi connectivity index (χ0) is 9.68. The van der Waals surface area contributed by atoms with Crippen molar-refractivity contribution >= 4 is 0 Å². The van der Waals surface area contributed by atoms with Crippen LogP contribution in [0.25, 0.3) is 0 Å². The minimum atomic E-state index is -0.434. The van der Waals surface area contributed by atoms with Crippen LogP contribution in [-0.2, 0) is 4.74 Å². The van der Waals surface area contributed by atoms with Gasteiger partial charge in [0.15, 0.2) is 0 Å². The van der Waals surface area contributed by atoms with E-state index in [1.54, 1.807) is 25.7 Å². The molecular weight excluding hydrogens is 168 g/mol. The van der Waals surface area contributed by atoms with Crippen molar-refractivity contribution < 1.29 is 14.3 Å². The van der Waals surface area contributed by atoms with Gasteiger partial charge in [-0.15, -0.1) is 0 Å². The fourth-order valence-corrected chi connectivity index (χ4v) is 1.14. The lowest BCUT2D eigenvalue weighted by molar-refractivity contribution is 0.0849. The van der Waals surface area contributed by atoms with Crippen LogP contribution in [0.15, 0.2) is 23.0 Å². The summed E-state index contributed by atoms with van der Waals surface area (Å²) in [5.74, 6) is 0. The second-order valence-corrected chi connectivity index (χ2v) is 3.20. The van der Waals surface area contributed by atoms with Gasteiger partial charge in [-0.1, -0.05) is 0 Å². The molecule has 0 spiro atoms. The van der Waals surface area contributed by atoms with Gasteiger partial charge in [-0.3, -0.25) is 0 Å². The van der Waals surface area contributed by atoms with Crippen molar-refractivity contribution in [2.45, 2.75) is 32.0 Å². The van der Waals surface area contributed by atoms with E-state index in [0.717, 1.165) is 12.0 Å². The minimum absolute atomic E-state index is 0.196. The van der Waals surface area contributed by atoms with Crippen molar-refractivity contribution in [1.82, 2.24) is 0 Å². The Kier molecular flexibility index (Phi) is 3.99. The molecule has 0 saturated heterocycles. The quantitative estimate of drug-likeness (QED) is 0.762. The number of aliphatic hydroxyl groups excluding tert-OH is 1. The highest BCUT2D eigenvalue weighted by atomic mass is 16.5. The Bertz CT molecular complexity index is 218. The second-order valence-electron chi connectivity index (χ2n) is 3.20. The lowest BCUT2D eigenvalue weighted by Gasteiger charge is -2.12. The number of hydrogen-bond donors (Lipinski definition) is 1. The molecule has 3 heteroatoms. The second kappa shape index (κ2) is 5.04. The van der Waals surface area contributed by atoms with Crippen LogP contribution < -0.4 is 0 Å². The third-order valence-corrected chi connectivity index (χ3v) is 2.18. The van der Waals surface area contributed by atoms with Gasteiger partial charge in [0.1, 0.15) is 0 Å². The molecule has 3 nitrogen and oxygen atoms in total. The highest BCUT2D eigenvalue weighted by Gasteiger charge is 2.10. The molecule has 13 heavy (non-hydrogen) atoms. The van der Waals surface area contributed by atoms with Crippen molar-refractivity contribution in [3.8, 4) is 0 Å². The molecule has 0 aliphatic heterocycles. The van der Waals surface area contributed by atoms with Crippen molar-refractivity contribution in [3.05, 3.63) is 24.2 Å². The maximum Gasteiger partial charge on any atom is 0.0960 e. The Hall–Kier alpha value is -0.800. The first-order chi connectivity index (χ1) is 6.24. The largest absolute Gasteiger partial charge is 0.472 e. The Labute approximate surface area is 78.3 Å². The molecule has 0 aliphatic rings. The summed E-state index contributed by atoms with van der Waals surface area (Å²) in [7, 11) is 1.68. The normalized spacial score (nSPS) is 15.6. The maximum absolute atomic E-state index is 9.64. The number of rotatable bonds is 5. The number of hydrogen-bond acceptors (Lipinski definition) is 3. The smallest absolute Gasteiger partial charge is 0.0960 e. The Morgan fingerprint density at radius 3 is 2.85 bits per heavy atom. The minimum Gasteiger partial charge on any atom is -0.472 e. The third kappa shape index (κ3) is 3.20. The predicted octanol–water partition coefficient (Wildman–Crippen LogP) is 2.13. The number of ether oxygens (including phenoxy) is 1. The van der Waals surface area contributed by atoms with Gasteiger partial charge in [-0.2, -0.15) is 0 Å². The fraction of sp³-hybridized carbons (Fsp3) is 0.600. The molecule has 0 bridgehead atoms. The summed E-state index contributed by atoms with van der Waals surface area (Å²) in [4.78, 5) is 0. The van der Waals surface area contributed by atoms with E-state index in [0.29, 0.717) is 6.42 Å². The highest BCUT2D eigenvalue weighted by Crippen LogP contribution is 2.19. The Morgan fingerprint density at radius 1 is 1.54 bits per heavy atom. The van der Waals surface area contributed by atoms with Crippen LogP contribution >= 0.6 is 0 Å². The Balaban J connectivity index is 2.30.